The molecule has 30 heavy (non-hydrogen) atoms. The van der Waals surface area contributed by atoms with E-state index in [9.17, 15) is 9.59 Å². The molecule has 0 aliphatic rings. The highest BCUT2D eigenvalue weighted by Crippen LogP contribution is 2.26. The summed E-state index contributed by atoms with van der Waals surface area (Å²) in [5, 5.41) is 15.4. The normalized spacial score (nSPS) is 9.93. The Kier molecular flexibility index (Phi) is 8.63. The Labute approximate surface area is 177 Å². The average Bonchev–Trinajstić information content (AvgIpc) is 2.71. The van der Waals surface area contributed by atoms with Gasteiger partial charge in [0.25, 0.3) is 0 Å². The first kappa shape index (κ1) is 22.7. The van der Waals surface area contributed by atoms with Gasteiger partial charge in [0.05, 0.1) is 0 Å². The van der Waals surface area contributed by atoms with Crippen LogP contribution in [-0.4, -0.2) is 22.2 Å². The zero-order chi connectivity index (χ0) is 21.9. The Balaban J connectivity index is 0.000000396. The second-order valence-electron chi connectivity index (χ2n) is 7.01. The van der Waals surface area contributed by atoms with E-state index >= 15 is 0 Å². The molecule has 0 aliphatic carbocycles. The molecule has 3 aromatic carbocycles. The van der Waals surface area contributed by atoms with Crippen LogP contribution in [0.3, 0.4) is 0 Å². The highest BCUT2D eigenvalue weighted by Gasteiger charge is 2.12. The van der Waals surface area contributed by atoms with Gasteiger partial charge in [0, 0.05) is 18.8 Å². The van der Waals surface area contributed by atoms with Crippen LogP contribution in [0.1, 0.15) is 28.7 Å². The highest BCUT2D eigenvalue weighted by atomic mass is 16.4. The average molecular weight is 405 g/mol. The Bertz CT molecular complexity index is 902. The number of hydrogen-bond acceptors (Lipinski definition) is 3. The fourth-order valence-electron chi connectivity index (χ4n) is 3.04. The molecule has 0 bridgehead atoms. The first-order valence-electron chi connectivity index (χ1n) is 9.69. The largest absolute Gasteiger partial charge is 0.481 e. The lowest BCUT2D eigenvalue weighted by Crippen LogP contribution is -2.23. The fourth-order valence-corrected chi connectivity index (χ4v) is 3.04. The van der Waals surface area contributed by atoms with Crippen LogP contribution in [0.25, 0.3) is 0 Å². The van der Waals surface area contributed by atoms with E-state index in [1.165, 1.54) is 27.9 Å². The van der Waals surface area contributed by atoms with E-state index in [1.807, 2.05) is 0 Å². The molecule has 0 radical (unpaired) electrons. The summed E-state index contributed by atoms with van der Waals surface area (Å²) in [5.41, 5.74) is 6.69. The van der Waals surface area contributed by atoms with E-state index in [1.54, 1.807) is 0 Å². The smallest absolute Gasteiger partial charge is 0.314 e. The number of nitrogens with zero attached hydrogens (tertiary/aromatic N) is 1. The van der Waals surface area contributed by atoms with Gasteiger partial charge < -0.3 is 15.1 Å². The lowest BCUT2D eigenvalue weighted by Gasteiger charge is -2.27. The molecule has 0 saturated heterocycles. The van der Waals surface area contributed by atoms with E-state index in [0.717, 1.165) is 13.1 Å². The number of benzene rings is 3. The molecule has 0 heterocycles. The summed E-state index contributed by atoms with van der Waals surface area (Å²) in [7, 11) is 0. The third kappa shape index (κ3) is 7.43. The van der Waals surface area contributed by atoms with Crippen LogP contribution < -0.4 is 4.90 Å². The van der Waals surface area contributed by atoms with Crippen molar-refractivity contribution in [3.8, 4) is 0 Å². The molecular weight excluding hydrogens is 378 g/mol. The van der Waals surface area contributed by atoms with Crippen LogP contribution in [0.15, 0.2) is 78.9 Å². The van der Waals surface area contributed by atoms with Crippen molar-refractivity contribution < 1.29 is 19.8 Å². The van der Waals surface area contributed by atoms with Crippen LogP contribution in [0.5, 0.6) is 0 Å². The summed E-state index contributed by atoms with van der Waals surface area (Å²) in [5.74, 6) is -2.62. The second-order valence-corrected chi connectivity index (χ2v) is 7.01. The van der Waals surface area contributed by atoms with Gasteiger partial charge in [0.1, 0.15) is 6.42 Å². The molecule has 0 aliphatic heterocycles. The first-order valence-corrected chi connectivity index (χ1v) is 9.69. The molecular formula is C25H27NO4. The van der Waals surface area contributed by atoms with E-state index in [4.69, 9.17) is 10.2 Å². The minimum atomic E-state index is -1.31. The van der Waals surface area contributed by atoms with Gasteiger partial charge in [0.15, 0.2) is 0 Å². The minimum absolute atomic E-state index is 0.806. The number of hydrogen-bond donors (Lipinski definition) is 2. The van der Waals surface area contributed by atoms with Crippen LogP contribution in [0.4, 0.5) is 5.69 Å². The Morgan fingerprint density at radius 1 is 0.700 bits per heavy atom. The van der Waals surface area contributed by atoms with Gasteiger partial charge in [0.2, 0.25) is 0 Å². The first-order chi connectivity index (χ1) is 14.4. The third-order valence-corrected chi connectivity index (χ3v) is 4.65. The molecule has 0 aromatic heterocycles. The standard InChI is InChI=1S/C22H23N.C3H4O4/c1-18-10-9-15-22(19(18)2)23(16-20-11-5-3-6-12-20)17-21-13-7-4-8-14-21;4-2(5)1-3(6)7/h3-15H,16-17H2,1-2H3;1H2,(H,4,5)(H,6,7). The molecule has 3 rings (SSSR count). The maximum Gasteiger partial charge on any atom is 0.314 e. The van der Waals surface area contributed by atoms with E-state index < -0.39 is 18.4 Å². The number of carboxylic acids is 2. The van der Waals surface area contributed by atoms with Crippen molar-refractivity contribution in [3.05, 3.63) is 101 Å². The number of rotatable bonds is 7. The van der Waals surface area contributed by atoms with Gasteiger partial charge in [-0.25, -0.2) is 0 Å². The van der Waals surface area contributed by atoms with Crippen molar-refractivity contribution in [2.75, 3.05) is 4.90 Å². The Morgan fingerprint density at radius 3 is 1.57 bits per heavy atom. The molecule has 156 valence electrons. The lowest BCUT2D eigenvalue weighted by atomic mass is 10.1. The highest BCUT2D eigenvalue weighted by molar-refractivity contribution is 5.88. The summed E-state index contributed by atoms with van der Waals surface area (Å²) in [6.07, 6.45) is -0.806. The van der Waals surface area contributed by atoms with Gasteiger partial charge in [-0.2, -0.15) is 0 Å². The summed E-state index contributed by atoms with van der Waals surface area (Å²) >= 11 is 0. The van der Waals surface area contributed by atoms with Crippen LogP contribution in [0, 0.1) is 13.8 Å². The predicted molar refractivity (Wildman–Crippen MR) is 119 cm³/mol. The molecule has 5 heteroatoms. The number of carbonyl (C=O) groups is 2. The molecule has 3 aromatic rings. The number of carboxylic acid groups (broad SMARTS) is 2. The minimum Gasteiger partial charge on any atom is -0.481 e. The summed E-state index contributed by atoms with van der Waals surface area (Å²) in [4.78, 5) is 21.3. The SMILES string of the molecule is Cc1cccc(N(Cc2ccccc2)Cc2ccccc2)c1C.O=C(O)CC(=O)O. The summed E-state index contributed by atoms with van der Waals surface area (Å²) < 4.78 is 0. The van der Waals surface area contributed by atoms with Gasteiger partial charge in [-0.05, 0) is 42.2 Å². The number of aryl methyl sites for hydroxylation is 1. The fraction of sp³-hybridized carbons (Fsp3) is 0.200. The van der Waals surface area contributed by atoms with Crippen molar-refractivity contribution in [2.24, 2.45) is 0 Å². The summed E-state index contributed by atoms with van der Waals surface area (Å²) in [6, 6.07) is 27.9. The zero-order valence-corrected chi connectivity index (χ0v) is 17.3. The molecule has 0 fully saturated rings. The monoisotopic (exact) mass is 405 g/mol. The maximum absolute atomic E-state index is 9.43. The van der Waals surface area contributed by atoms with Gasteiger partial charge in [-0.15, -0.1) is 0 Å². The molecule has 0 amide bonds. The number of aliphatic carboxylic acids is 2. The second kappa shape index (κ2) is 11.4. The van der Waals surface area contributed by atoms with Crippen molar-refractivity contribution in [1.82, 2.24) is 0 Å². The van der Waals surface area contributed by atoms with Crippen LogP contribution in [0.2, 0.25) is 0 Å². The van der Waals surface area contributed by atoms with Crippen molar-refractivity contribution in [1.29, 1.82) is 0 Å². The third-order valence-electron chi connectivity index (χ3n) is 4.65. The predicted octanol–water partition coefficient (Wildman–Crippen LogP) is 5.06. The van der Waals surface area contributed by atoms with Crippen LogP contribution >= 0.6 is 0 Å². The van der Waals surface area contributed by atoms with Gasteiger partial charge in [-0.1, -0.05) is 72.8 Å². The van der Waals surface area contributed by atoms with E-state index in [-0.39, 0.29) is 0 Å². The lowest BCUT2D eigenvalue weighted by molar-refractivity contribution is -0.147. The number of anilines is 1. The molecule has 2 N–H and O–H groups in total. The maximum atomic E-state index is 9.43. The van der Waals surface area contributed by atoms with E-state index in [0.29, 0.717) is 0 Å². The Morgan fingerprint density at radius 2 is 1.17 bits per heavy atom. The summed E-state index contributed by atoms with van der Waals surface area (Å²) in [6.45, 7) is 6.23. The zero-order valence-electron chi connectivity index (χ0n) is 17.3. The quantitative estimate of drug-likeness (QED) is 0.538. The van der Waals surface area contributed by atoms with Crippen LogP contribution in [-0.2, 0) is 22.7 Å². The van der Waals surface area contributed by atoms with Gasteiger partial charge in [-0.3, -0.25) is 9.59 Å². The van der Waals surface area contributed by atoms with Crippen molar-refractivity contribution >= 4 is 17.6 Å². The molecule has 0 spiro atoms. The molecule has 0 unspecified atom stereocenters. The topological polar surface area (TPSA) is 77.8 Å². The molecule has 0 saturated carbocycles. The van der Waals surface area contributed by atoms with Crippen molar-refractivity contribution in [2.45, 2.75) is 33.4 Å². The Hall–Kier alpha value is -3.60. The molecule has 0 atom stereocenters. The van der Waals surface area contributed by atoms with E-state index in [2.05, 4.69) is 97.6 Å². The molecule has 5 nitrogen and oxygen atoms in total. The van der Waals surface area contributed by atoms with Gasteiger partial charge >= 0.3 is 11.9 Å². The van der Waals surface area contributed by atoms with Crippen molar-refractivity contribution in [3.63, 3.8) is 0 Å².